The number of halogens is 1. The van der Waals surface area contributed by atoms with E-state index in [-0.39, 0.29) is 41.3 Å². The Morgan fingerprint density at radius 2 is 2.08 bits per heavy atom. The van der Waals surface area contributed by atoms with E-state index in [1.807, 2.05) is 18.2 Å². The Balaban J connectivity index is 1.24. The number of primary amides is 1. The van der Waals surface area contributed by atoms with E-state index in [1.54, 1.807) is 6.07 Å². The van der Waals surface area contributed by atoms with E-state index in [1.165, 1.54) is 41.8 Å². The first kappa shape index (κ1) is 24.3. The summed E-state index contributed by atoms with van der Waals surface area (Å²) in [6, 6.07) is 13.0. The molecular formula is C26H22FN5O4S. The number of nitrogens with one attached hydrogen (secondary N) is 2. The second-order valence-electron chi connectivity index (χ2n) is 8.60. The third kappa shape index (κ3) is 5.56. The van der Waals surface area contributed by atoms with Gasteiger partial charge in [-0.15, -0.1) is 0 Å². The Labute approximate surface area is 214 Å². The summed E-state index contributed by atoms with van der Waals surface area (Å²) in [4.78, 5) is 44.3. The number of aromatic nitrogens is 2. The number of carbonyl (C=O) groups excluding carboxylic acids is 3. The number of ether oxygens (including phenoxy) is 1. The number of carbonyl (C=O) groups is 3. The molecule has 0 bridgehead atoms. The Hall–Kier alpha value is -4.38. The van der Waals surface area contributed by atoms with Gasteiger partial charge in [-0.05, 0) is 59.9 Å². The first-order valence-corrected chi connectivity index (χ1v) is 12.4. The van der Waals surface area contributed by atoms with Crippen molar-refractivity contribution in [2.75, 3.05) is 11.9 Å². The monoisotopic (exact) mass is 519 g/mol. The van der Waals surface area contributed by atoms with E-state index in [0.717, 1.165) is 22.2 Å². The topological polar surface area (TPSA) is 136 Å². The lowest BCUT2D eigenvalue weighted by Crippen LogP contribution is -2.32. The van der Waals surface area contributed by atoms with Crippen molar-refractivity contribution in [2.24, 2.45) is 5.73 Å². The number of hydrogen-bond donors (Lipinski definition) is 3. The number of anilines is 1. The fraction of sp³-hybridized carbons (Fsp3) is 0.192. The van der Waals surface area contributed by atoms with E-state index in [0.29, 0.717) is 23.7 Å². The second-order valence-corrected chi connectivity index (χ2v) is 9.63. The van der Waals surface area contributed by atoms with Crippen molar-refractivity contribution in [1.29, 1.82) is 0 Å². The van der Waals surface area contributed by atoms with E-state index < -0.39 is 11.7 Å². The number of pyridine rings is 1. The molecule has 4 aromatic rings. The van der Waals surface area contributed by atoms with Gasteiger partial charge >= 0.3 is 0 Å². The van der Waals surface area contributed by atoms with Gasteiger partial charge in [-0.3, -0.25) is 14.4 Å². The van der Waals surface area contributed by atoms with Crippen molar-refractivity contribution < 1.29 is 23.5 Å². The predicted octanol–water partition coefficient (Wildman–Crippen LogP) is 3.90. The molecule has 11 heteroatoms. The summed E-state index contributed by atoms with van der Waals surface area (Å²) >= 11 is 1.34. The number of fused-ring (bicyclic) bond motifs is 1. The molecule has 2 aromatic carbocycles. The molecule has 0 aliphatic carbocycles. The molecule has 5 rings (SSSR count). The van der Waals surface area contributed by atoms with Gasteiger partial charge in [0.05, 0.1) is 16.6 Å². The van der Waals surface area contributed by atoms with Gasteiger partial charge in [0, 0.05) is 19.2 Å². The molecule has 1 aliphatic heterocycles. The van der Waals surface area contributed by atoms with Crippen LogP contribution in [-0.2, 0) is 16.0 Å². The average Bonchev–Trinajstić information content (AvgIpc) is 3.27. The van der Waals surface area contributed by atoms with Crippen LogP contribution < -0.4 is 21.1 Å². The molecular weight excluding hydrogens is 497 g/mol. The van der Waals surface area contributed by atoms with Gasteiger partial charge in [0.1, 0.15) is 5.56 Å². The fourth-order valence-electron chi connectivity index (χ4n) is 4.17. The molecule has 1 fully saturated rings. The van der Waals surface area contributed by atoms with Crippen LogP contribution in [0.3, 0.4) is 0 Å². The number of benzene rings is 2. The molecule has 0 saturated carbocycles. The number of thiazole rings is 1. The largest absolute Gasteiger partial charge is 0.435 e. The van der Waals surface area contributed by atoms with Crippen LogP contribution in [-0.4, -0.2) is 34.2 Å². The molecule has 37 heavy (non-hydrogen) atoms. The van der Waals surface area contributed by atoms with Crippen LogP contribution in [0.1, 0.15) is 40.2 Å². The minimum Gasteiger partial charge on any atom is -0.435 e. The highest BCUT2D eigenvalue weighted by molar-refractivity contribution is 7.22. The molecule has 1 saturated heterocycles. The van der Waals surface area contributed by atoms with Gasteiger partial charge < -0.3 is 21.1 Å². The summed E-state index contributed by atoms with van der Waals surface area (Å²) in [6.07, 6.45) is 2.65. The third-order valence-corrected chi connectivity index (χ3v) is 6.93. The van der Waals surface area contributed by atoms with Crippen molar-refractivity contribution in [3.8, 4) is 11.6 Å². The molecule has 1 atom stereocenters. The van der Waals surface area contributed by atoms with E-state index in [9.17, 15) is 18.8 Å². The van der Waals surface area contributed by atoms with Crippen LogP contribution in [0, 0.1) is 5.82 Å². The first-order valence-electron chi connectivity index (χ1n) is 11.5. The molecule has 3 heterocycles. The summed E-state index contributed by atoms with van der Waals surface area (Å²) in [5.41, 5.74) is 7.56. The van der Waals surface area contributed by atoms with E-state index in [2.05, 4.69) is 20.6 Å². The molecule has 4 N–H and O–H groups in total. The first-order chi connectivity index (χ1) is 17.9. The smallest absolute Gasteiger partial charge is 0.254 e. The average molecular weight is 520 g/mol. The minimum atomic E-state index is -0.746. The van der Waals surface area contributed by atoms with Gasteiger partial charge in [0.25, 0.3) is 5.91 Å². The normalized spacial score (nSPS) is 15.3. The number of rotatable bonds is 7. The summed E-state index contributed by atoms with van der Waals surface area (Å²) in [5, 5.41) is 6.05. The number of hydrogen-bond acceptors (Lipinski definition) is 7. The van der Waals surface area contributed by atoms with Crippen molar-refractivity contribution in [3.05, 3.63) is 77.2 Å². The Morgan fingerprint density at radius 1 is 1.22 bits per heavy atom. The summed E-state index contributed by atoms with van der Waals surface area (Å²) in [7, 11) is 0. The van der Waals surface area contributed by atoms with Crippen molar-refractivity contribution >= 4 is 44.4 Å². The number of nitrogens with two attached hydrogens (primary N) is 1. The zero-order chi connectivity index (χ0) is 25.9. The Kier molecular flexibility index (Phi) is 6.78. The molecule has 0 radical (unpaired) electrons. The lowest BCUT2D eigenvalue weighted by atomic mass is 9.90. The molecule has 3 amide bonds. The van der Waals surface area contributed by atoms with Gasteiger partial charge in [-0.1, -0.05) is 23.5 Å². The van der Waals surface area contributed by atoms with Crippen LogP contribution in [0.4, 0.5) is 9.52 Å². The second kappa shape index (κ2) is 10.3. The van der Waals surface area contributed by atoms with Crippen molar-refractivity contribution in [2.45, 2.75) is 25.2 Å². The lowest BCUT2D eigenvalue weighted by molar-refractivity contribution is -0.122. The maximum absolute atomic E-state index is 14.7. The molecule has 0 spiro atoms. The SMILES string of the molecule is NC(=O)c1cccnc1Oc1ccc(CC(=O)Nc2nc3cc(C4CCNC(=O)C4)ccc3s2)cc1F. The van der Waals surface area contributed by atoms with E-state index >= 15 is 0 Å². The maximum Gasteiger partial charge on any atom is 0.254 e. The van der Waals surface area contributed by atoms with Gasteiger partial charge in [-0.2, -0.15) is 0 Å². The highest BCUT2D eigenvalue weighted by Crippen LogP contribution is 2.32. The van der Waals surface area contributed by atoms with Crippen molar-refractivity contribution in [3.63, 3.8) is 0 Å². The van der Waals surface area contributed by atoms with Gasteiger partial charge in [0.15, 0.2) is 16.7 Å². The highest BCUT2D eigenvalue weighted by Gasteiger charge is 2.21. The van der Waals surface area contributed by atoms with Crippen LogP contribution in [0.5, 0.6) is 11.6 Å². The standard InChI is InChI=1S/C26H22FN5O4S/c27-18-10-14(3-5-20(18)36-25-17(24(28)35)2-1-8-30-25)11-23(34)32-26-31-19-12-15(4-6-21(19)37-26)16-7-9-29-22(33)13-16/h1-6,8,10,12,16H,7,9,11,13H2,(H2,28,35)(H,29,33)(H,31,32,34). The van der Waals surface area contributed by atoms with Gasteiger partial charge in [-0.25, -0.2) is 14.4 Å². The zero-order valence-corrected chi connectivity index (χ0v) is 20.3. The molecule has 2 aromatic heterocycles. The van der Waals surface area contributed by atoms with Crippen molar-refractivity contribution in [1.82, 2.24) is 15.3 Å². The third-order valence-electron chi connectivity index (χ3n) is 5.98. The molecule has 9 nitrogen and oxygen atoms in total. The van der Waals surface area contributed by atoms with E-state index in [4.69, 9.17) is 10.5 Å². The van der Waals surface area contributed by atoms with Crippen LogP contribution in [0.25, 0.3) is 10.2 Å². The fourth-order valence-corrected chi connectivity index (χ4v) is 5.03. The minimum absolute atomic E-state index is 0.0255. The predicted molar refractivity (Wildman–Crippen MR) is 136 cm³/mol. The number of piperidine rings is 1. The molecule has 1 aliphatic rings. The Bertz CT molecular complexity index is 1520. The van der Waals surface area contributed by atoms with Gasteiger partial charge in [0.2, 0.25) is 17.7 Å². The quantitative estimate of drug-likeness (QED) is 0.339. The molecule has 188 valence electrons. The summed E-state index contributed by atoms with van der Waals surface area (Å²) in [6.45, 7) is 0.658. The summed E-state index contributed by atoms with van der Waals surface area (Å²) < 4.78 is 21.0. The van der Waals surface area contributed by atoms with Crippen LogP contribution in [0.2, 0.25) is 0 Å². The lowest BCUT2D eigenvalue weighted by Gasteiger charge is -2.22. The Morgan fingerprint density at radius 3 is 2.86 bits per heavy atom. The van der Waals surface area contributed by atoms with Crippen LogP contribution >= 0.6 is 11.3 Å². The zero-order valence-electron chi connectivity index (χ0n) is 19.5. The number of amides is 3. The number of nitrogens with zero attached hydrogens (tertiary/aromatic N) is 2. The molecule has 1 unspecified atom stereocenters. The maximum atomic E-state index is 14.7. The summed E-state index contributed by atoms with van der Waals surface area (Å²) in [5.74, 6) is -1.87. The van der Waals surface area contributed by atoms with Crippen LogP contribution in [0.15, 0.2) is 54.7 Å². The highest BCUT2D eigenvalue weighted by atomic mass is 32.1.